The molecular formula is C12H22N4O2. The van der Waals surface area contributed by atoms with Crippen LogP contribution in [0.4, 0.5) is 4.79 Å². The standard InChI is InChI=1S/C12H22N4O2/c1-8-5-9(16-15-8)6-10(7-13)14-11(17)18-12(2,3)4/h5,10H,6-7,13H2,1-4H3,(H,14,17)(H,15,16). The minimum atomic E-state index is -0.508. The number of carbonyl (C=O) groups excluding carboxylic acids is 1. The van der Waals surface area contributed by atoms with Crippen LogP contribution in [0.15, 0.2) is 6.07 Å². The Morgan fingerprint density at radius 2 is 2.28 bits per heavy atom. The van der Waals surface area contributed by atoms with E-state index in [-0.39, 0.29) is 6.04 Å². The summed E-state index contributed by atoms with van der Waals surface area (Å²) in [7, 11) is 0. The number of hydrogen-bond donors (Lipinski definition) is 3. The van der Waals surface area contributed by atoms with Gasteiger partial charge in [-0.15, -0.1) is 0 Å². The summed E-state index contributed by atoms with van der Waals surface area (Å²) in [5, 5.41) is 9.71. The van der Waals surface area contributed by atoms with Crippen molar-refractivity contribution in [1.82, 2.24) is 15.5 Å². The number of H-pyrrole nitrogens is 1. The van der Waals surface area contributed by atoms with Gasteiger partial charge in [0.2, 0.25) is 0 Å². The molecule has 1 unspecified atom stereocenters. The van der Waals surface area contributed by atoms with E-state index in [0.29, 0.717) is 13.0 Å². The normalized spacial score (nSPS) is 13.2. The molecule has 1 rings (SSSR count). The first-order chi connectivity index (χ1) is 8.30. The zero-order chi connectivity index (χ0) is 13.8. The van der Waals surface area contributed by atoms with E-state index in [2.05, 4.69) is 15.5 Å². The summed E-state index contributed by atoms with van der Waals surface area (Å²) in [4.78, 5) is 11.6. The summed E-state index contributed by atoms with van der Waals surface area (Å²) in [5.74, 6) is 0. The number of amides is 1. The molecule has 0 saturated carbocycles. The van der Waals surface area contributed by atoms with Crippen molar-refractivity contribution in [3.8, 4) is 0 Å². The zero-order valence-electron chi connectivity index (χ0n) is 11.4. The average molecular weight is 254 g/mol. The van der Waals surface area contributed by atoms with E-state index < -0.39 is 11.7 Å². The van der Waals surface area contributed by atoms with Crippen LogP contribution in [0, 0.1) is 6.92 Å². The Hall–Kier alpha value is -1.56. The van der Waals surface area contributed by atoms with Gasteiger partial charge in [-0.1, -0.05) is 0 Å². The fourth-order valence-corrected chi connectivity index (χ4v) is 1.50. The lowest BCUT2D eigenvalue weighted by Crippen LogP contribution is -2.44. The molecule has 0 aliphatic rings. The topological polar surface area (TPSA) is 93.0 Å². The van der Waals surface area contributed by atoms with Crippen molar-refractivity contribution in [3.63, 3.8) is 0 Å². The molecule has 0 aromatic carbocycles. The van der Waals surface area contributed by atoms with E-state index in [9.17, 15) is 4.79 Å². The van der Waals surface area contributed by atoms with Gasteiger partial charge in [-0.05, 0) is 33.8 Å². The smallest absolute Gasteiger partial charge is 0.407 e. The number of carbonyl (C=O) groups is 1. The van der Waals surface area contributed by atoms with E-state index in [0.717, 1.165) is 11.4 Å². The quantitative estimate of drug-likeness (QED) is 0.750. The highest BCUT2D eigenvalue weighted by atomic mass is 16.6. The van der Waals surface area contributed by atoms with Crippen molar-refractivity contribution < 1.29 is 9.53 Å². The van der Waals surface area contributed by atoms with Gasteiger partial charge in [0, 0.05) is 24.7 Å². The number of aromatic nitrogens is 2. The van der Waals surface area contributed by atoms with Gasteiger partial charge in [0.15, 0.2) is 0 Å². The molecule has 6 heteroatoms. The molecule has 1 heterocycles. The first-order valence-electron chi connectivity index (χ1n) is 6.00. The van der Waals surface area contributed by atoms with Crippen LogP contribution in [0.25, 0.3) is 0 Å². The lowest BCUT2D eigenvalue weighted by atomic mass is 10.1. The highest BCUT2D eigenvalue weighted by molar-refractivity contribution is 5.68. The number of alkyl carbamates (subject to hydrolysis) is 1. The Labute approximate surface area is 107 Å². The van der Waals surface area contributed by atoms with Crippen LogP contribution in [-0.4, -0.2) is 34.5 Å². The van der Waals surface area contributed by atoms with Gasteiger partial charge >= 0.3 is 6.09 Å². The van der Waals surface area contributed by atoms with E-state index in [1.165, 1.54) is 0 Å². The molecule has 4 N–H and O–H groups in total. The minimum absolute atomic E-state index is 0.178. The molecule has 0 spiro atoms. The Morgan fingerprint density at radius 3 is 2.72 bits per heavy atom. The number of nitrogens with one attached hydrogen (secondary N) is 2. The van der Waals surface area contributed by atoms with Gasteiger partial charge in [-0.2, -0.15) is 5.10 Å². The van der Waals surface area contributed by atoms with E-state index in [4.69, 9.17) is 10.5 Å². The molecule has 0 saturated heterocycles. The summed E-state index contributed by atoms with van der Waals surface area (Å²) in [6, 6.07) is 1.75. The fraction of sp³-hybridized carbons (Fsp3) is 0.667. The van der Waals surface area contributed by atoms with Crippen molar-refractivity contribution in [2.24, 2.45) is 5.73 Å². The second kappa shape index (κ2) is 5.86. The Morgan fingerprint density at radius 1 is 1.61 bits per heavy atom. The third kappa shape index (κ3) is 5.18. The molecule has 102 valence electrons. The maximum Gasteiger partial charge on any atom is 0.407 e. The van der Waals surface area contributed by atoms with Crippen molar-refractivity contribution in [3.05, 3.63) is 17.5 Å². The van der Waals surface area contributed by atoms with Gasteiger partial charge < -0.3 is 15.8 Å². The number of aromatic amines is 1. The first kappa shape index (κ1) is 14.5. The SMILES string of the molecule is Cc1cc(CC(CN)NC(=O)OC(C)(C)C)n[nH]1. The van der Waals surface area contributed by atoms with E-state index >= 15 is 0 Å². The molecule has 6 nitrogen and oxygen atoms in total. The van der Waals surface area contributed by atoms with Crippen LogP contribution < -0.4 is 11.1 Å². The summed E-state index contributed by atoms with van der Waals surface area (Å²) in [6.07, 6.45) is 0.130. The maximum atomic E-state index is 11.6. The van der Waals surface area contributed by atoms with Gasteiger partial charge in [-0.25, -0.2) is 4.79 Å². The Balaban J connectivity index is 2.49. The van der Waals surface area contributed by atoms with Crippen molar-refractivity contribution >= 4 is 6.09 Å². The highest BCUT2D eigenvalue weighted by Gasteiger charge is 2.19. The first-order valence-corrected chi connectivity index (χ1v) is 6.00. The van der Waals surface area contributed by atoms with Crippen LogP contribution in [0.3, 0.4) is 0 Å². The molecule has 1 amide bonds. The molecule has 0 fully saturated rings. The number of aryl methyl sites for hydroxylation is 1. The number of nitrogens with zero attached hydrogens (tertiary/aromatic N) is 1. The van der Waals surface area contributed by atoms with Crippen molar-refractivity contribution in [2.45, 2.75) is 45.8 Å². The predicted octanol–water partition coefficient (Wildman–Crippen LogP) is 1.11. The molecule has 0 aliphatic carbocycles. The number of hydrogen-bond acceptors (Lipinski definition) is 4. The van der Waals surface area contributed by atoms with Crippen LogP contribution in [-0.2, 0) is 11.2 Å². The number of ether oxygens (including phenoxy) is 1. The zero-order valence-corrected chi connectivity index (χ0v) is 11.4. The van der Waals surface area contributed by atoms with E-state index in [1.54, 1.807) is 0 Å². The lowest BCUT2D eigenvalue weighted by molar-refractivity contribution is 0.0505. The molecule has 1 atom stereocenters. The van der Waals surface area contributed by atoms with Crippen LogP contribution in [0.5, 0.6) is 0 Å². The van der Waals surface area contributed by atoms with Crippen LogP contribution >= 0.6 is 0 Å². The maximum absolute atomic E-state index is 11.6. The van der Waals surface area contributed by atoms with Gasteiger partial charge in [0.05, 0.1) is 5.69 Å². The second-order valence-corrected chi connectivity index (χ2v) is 5.33. The summed E-state index contributed by atoms with van der Waals surface area (Å²) < 4.78 is 5.18. The molecule has 1 aromatic rings. The van der Waals surface area contributed by atoms with Gasteiger partial charge in [0.25, 0.3) is 0 Å². The molecule has 18 heavy (non-hydrogen) atoms. The summed E-state index contributed by atoms with van der Waals surface area (Å²) in [5.41, 5.74) is 6.98. The molecule has 0 radical (unpaired) electrons. The lowest BCUT2D eigenvalue weighted by Gasteiger charge is -2.22. The summed E-state index contributed by atoms with van der Waals surface area (Å²) in [6.45, 7) is 7.73. The largest absolute Gasteiger partial charge is 0.444 e. The van der Waals surface area contributed by atoms with Crippen LogP contribution in [0.1, 0.15) is 32.2 Å². The minimum Gasteiger partial charge on any atom is -0.444 e. The van der Waals surface area contributed by atoms with Crippen molar-refractivity contribution in [1.29, 1.82) is 0 Å². The Bertz CT molecular complexity index is 395. The fourth-order valence-electron chi connectivity index (χ4n) is 1.50. The molecular weight excluding hydrogens is 232 g/mol. The number of rotatable bonds is 4. The number of nitrogens with two attached hydrogens (primary N) is 1. The highest BCUT2D eigenvalue weighted by Crippen LogP contribution is 2.07. The second-order valence-electron chi connectivity index (χ2n) is 5.33. The predicted molar refractivity (Wildman–Crippen MR) is 69.2 cm³/mol. The van der Waals surface area contributed by atoms with Crippen LogP contribution in [0.2, 0.25) is 0 Å². The van der Waals surface area contributed by atoms with Gasteiger partial charge in [-0.3, -0.25) is 5.10 Å². The third-order valence-electron chi connectivity index (χ3n) is 2.22. The van der Waals surface area contributed by atoms with Gasteiger partial charge in [0.1, 0.15) is 5.60 Å². The van der Waals surface area contributed by atoms with E-state index in [1.807, 2.05) is 33.8 Å². The molecule has 1 aromatic heterocycles. The monoisotopic (exact) mass is 254 g/mol. The van der Waals surface area contributed by atoms with Crippen molar-refractivity contribution in [2.75, 3.05) is 6.54 Å². The Kier molecular flexibility index (Phi) is 4.72. The average Bonchev–Trinajstić information content (AvgIpc) is 2.60. The third-order valence-corrected chi connectivity index (χ3v) is 2.22. The molecule has 0 bridgehead atoms. The molecule has 0 aliphatic heterocycles. The summed E-state index contributed by atoms with van der Waals surface area (Å²) >= 11 is 0.